The molecule has 0 aromatic heterocycles. The zero-order valence-corrected chi connectivity index (χ0v) is 14.0. The van der Waals surface area contributed by atoms with Crippen LogP contribution < -0.4 is 10.0 Å². The number of hydrogen-bond donors (Lipinski definition) is 2. The number of hydrogen-bond acceptors (Lipinski definition) is 4. The van der Waals surface area contributed by atoms with E-state index in [1.165, 1.54) is 5.57 Å². The molecule has 1 aliphatic carbocycles. The molecule has 2 N–H and O–H groups in total. The number of carbonyl (C=O) groups excluding carboxylic acids is 2. The van der Waals surface area contributed by atoms with Crippen molar-refractivity contribution in [3.63, 3.8) is 0 Å². The van der Waals surface area contributed by atoms with Gasteiger partial charge in [0, 0.05) is 18.3 Å². The molecule has 0 saturated carbocycles. The van der Waals surface area contributed by atoms with E-state index >= 15 is 0 Å². The summed E-state index contributed by atoms with van der Waals surface area (Å²) in [5.74, 6) is 0.872. The first-order chi connectivity index (χ1) is 10.7. The molecule has 3 amide bonds. The van der Waals surface area contributed by atoms with Gasteiger partial charge in [-0.15, -0.1) is 0 Å². The maximum atomic E-state index is 11.3. The molecular formula is C16H25N3O2S. The van der Waals surface area contributed by atoms with Crippen molar-refractivity contribution in [3.8, 4) is 0 Å². The summed E-state index contributed by atoms with van der Waals surface area (Å²) in [6.07, 6.45) is 12.2. The van der Waals surface area contributed by atoms with Gasteiger partial charge >= 0.3 is 6.03 Å². The van der Waals surface area contributed by atoms with Gasteiger partial charge in [-0.25, -0.2) is 4.79 Å². The lowest BCUT2D eigenvalue weighted by atomic mass is 10.0. The summed E-state index contributed by atoms with van der Waals surface area (Å²) >= 11 is 1.77. The van der Waals surface area contributed by atoms with E-state index in [0.29, 0.717) is 12.6 Å². The maximum Gasteiger partial charge on any atom is 0.324 e. The summed E-state index contributed by atoms with van der Waals surface area (Å²) in [7, 11) is 0. The molecule has 1 fully saturated rings. The molecule has 22 heavy (non-hydrogen) atoms. The molecule has 1 atom stereocenters. The highest BCUT2D eigenvalue weighted by atomic mass is 32.2. The molecule has 5 nitrogen and oxygen atoms in total. The molecule has 0 aromatic rings. The van der Waals surface area contributed by atoms with Crippen LogP contribution in [0.15, 0.2) is 23.8 Å². The fourth-order valence-corrected chi connectivity index (χ4v) is 3.38. The predicted octanol–water partition coefficient (Wildman–Crippen LogP) is 2.61. The number of urea groups is 1. The van der Waals surface area contributed by atoms with Crippen LogP contribution in [0.2, 0.25) is 0 Å². The Balaban J connectivity index is 1.47. The van der Waals surface area contributed by atoms with Gasteiger partial charge in [-0.05, 0) is 38.2 Å². The Hall–Kier alpha value is -1.27. The Morgan fingerprint density at radius 2 is 2.18 bits per heavy atom. The Morgan fingerprint density at radius 3 is 2.86 bits per heavy atom. The molecule has 1 unspecified atom stereocenters. The van der Waals surface area contributed by atoms with Crippen LogP contribution >= 0.6 is 11.9 Å². The van der Waals surface area contributed by atoms with Crippen molar-refractivity contribution in [3.05, 3.63) is 23.8 Å². The largest absolute Gasteiger partial charge is 0.324 e. The van der Waals surface area contributed by atoms with Gasteiger partial charge in [0.2, 0.25) is 5.91 Å². The van der Waals surface area contributed by atoms with Gasteiger partial charge in [0.05, 0.1) is 0 Å². The van der Waals surface area contributed by atoms with Crippen molar-refractivity contribution in [1.82, 2.24) is 14.9 Å². The predicted molar refractivity (Wildman–Crippen MR) is 90.5 cm³/mol. The van der Waals surface area contributed by atoms with Gasteiger partial charge in [-0.1, -0.05) is 36.6 Å². The lowest BCUT2D eigenvalue weighted by Gasteiger charge is -2.16. The number of amides is 3. The number of allylic oxidation sites excluding steroid dienone is 2. The lowest BCUT2D eigenvalue weighted by Crippen LogP contribution is -2.29. The average molecular weight is 323 g/mol. The first-order valence-corrected chi connectivity index (χ1v) is 8.98. The third-order valence-electron chi connectivity index (χ3n) is 3.83. The Bertz CT molecular complexity index is 462. The maximum absolute atomic E-state index is 11.3. The molecule has 0 spiro atoms. The minimum absolute atomic E-state index is 0.190. The van der Waals surface area contributed by atoms with Crippen LogP contribution in [0.25, 0.3) is 0 Å². The lowest BCUT2D eigenvalue weighted by molar-refractivity contribution is -0.118. The third-order valence-corrected chi connectivity index (χ3v) is 4.84. The van der Waals surface area contributed by atoms with Crippen LogP contribution in [-0.2, 0) is 4.79 Å². The second kappa shape index (κ2) is 9.00. The highest BCUT2D eigenvalue weighted by Crippen LogP contribution is 2.15. The van der Waals surface area contributed by atoms with E-state index in [-0.39, 0.29) is 18.5 Å². The van der Waals surface area contributed by atoms with Crippen molar-refractivity contribution in [2.45, 2.75) is 45.1 Å². The second-order valence-electron chi connectivity index (χ2n) is 5.71. The summed E-state index contributed by atoms with van der Waals surface area (Å²) in [6, 6.07) is 0.143. The molecule has 1 aliphatic heterocycles. The van der Waals surface area contributed by atoms with E-state index in [0.717, 1.165) is 37.9 Å². The molecule has 2 aliphatic rings. The molecule has 2 rings (SSSR count). The quantitative estimate of drug-likeness (QED) is 0.389. The van der Waals surface area contributed by atoms with E-state index in [2.05, 4.69) is 35.2 Å². The van der Waals surface area contributed by atoms with E-state index in [1.807, 2.05) is 0 Å². The summed E-state index contributed by atoms with van der Waals surface area (Å²) in [4.78, 5) is 24.0. The Labute approximate surface area is 136 Å². The summed E-state index contributed by atoms with van der Waals surface area (Å²) in [6.45, 7) is 3.08. The first kappa shape index (κ1) is 17.1. The SMILES string of the molecule is CC(NSCCCCCN1CC(=O)NC1=O)C1=CCCC=C1. The van der Waals surface area contributed by atoms with Crippen molar-refractivity contribution < 1.29 is 9.59 Å². The number of nitrogens with one attached hydrogen (secondary N) is 2. The zero-order chi connectivity index (χ0) is 15.8. The van der Waals surface area contributed by atoms with Crippen LogP contribution in [0.4, 0.5) is 4.79 Å². The highest BCUT2D eigenvalue weighted by molar-refractivity contribution is 7.97. The van der Waals surface area contributed by atoms with Crippen molar-refractivity contribution in [2.24, 2.45) is 0 Å². The fraction of sp³-hybridized carbons (Fsp3) is 0.625. The van der Waals surface area contributed by atoms with Crippen molar-refractivity contribution >= 4 is 23.9 Å². The van der Waals surface area contributed by atoms with Gasteiger partial charge in [0.15, 0.2) is 0 Å². The first-order valence-electron chi connectivity index (χ1n) is 7.99. The van der Waals surface area contributed by atoms with E-state index in [9.17, 15) is 9.59 Å². The highest BCUT2D eigenvalue weighted by Gasteiger charge is 2.25. The average Bonchev–Trinajstić information content (AvgIpc) is 2.84. The van der Waals surface area contributed by atoms with Gasteiger partial charge in [-0.2, -0.15) is 0 Å². The van der Waals surface area contributed by atoms with Crippen LogP contribution in [0, 0.1) is 0 Å². The molecular weight excluding hydrogens is 298 g/mol. The minimum Gasteiger partial charge on any atom is -0.315 e. The summed E-state index contributed by atoms with van der Waals surface area (Å²) in [5.41, 5.74) is 1.38. The number of unbranched alkanes of at least 4 members (excludes halogenated alkanes) is 2. The third kappa shape index (κ3) is 5.50. The van der Waals surface area contributed by atoms with Crippen LogP contribution in [0.5, 0.6) is 0 Å². The smallest absolute Gasteiger partial charge is 0.315 e. The molecule has 0 radical (unpaired) electrons. The van der Waals surface area contributed by atoms with Crippen molar-refractivity contribution in [1.29, 1.82) is 0 Å². The van der Waals surface area contributed by atoms with Crippen LogP contribution in [0.1, 0.15) is 39.0 Å². The molecule has 1 heterocycles. The van der Waals surface area contributed by atoms with Crippen LogP contribution in [-0.4, -0.2) is 41.7 Å². The molecule has 0 bridgehead atoms. The molecule has 0 aromatic carbocycles. The van der Waals surface area contributed by atoms with Crippen molar-refractivity contribution in [2.75, 3.05) is 18.8 Å². The minimum atomic E-state index is -0.247. The molecule has 122 valence electrons. The second-order valence-corrected chi connectivity index (χ2v) is 6.64. The zero-order valence-electron chi connectivity index (χ0n) is 13.1. The van der Waals surface area contributed by atoms with Gasteiger partial charge in [-0.3, -0.25) is 14.8 Å². The van der Waals surface area contributed by atoms with Gasteiger partial charge < -0.3 is 4.90 Å². The normalized spacial score (nSPS) is 19.3. The van der Waals surface area contributed by atoms with E-state index in [1.54, 1.807) is 16.8 Å². The Morgan fingerprint density at radius 1 is 1.32 bits per heavy atom. The van der Waals surface area contributed by atoms with Gasteiger partial charge in [0.25, 0.3) is 0 Å². The monoisotopic (exact) mass is 323 g/mol. The summed E-state index contributed by atoms with van der Waals surface area (Å²) in [5, 5.41) is 2.29. The fourth-order valence-electron chi connectivity index (χ4n) is 2.52. The number of nitrogens with zero attached hydrogens (tertiary/aromatic N) is 1. The van der Waals surface area contributed by atoms with Gasteiger partial charge in [0.1, 0.15) is 6.54 Å². The van der Waals surface area contributed by atoms with E-state index in [4.69, 9.17) is 0 Å². The standard InChI is InChI=1S/C16H25N3O2S/c1-13(14-8-4-2-5-9-14)18-22-11-7-3-6-10-19-12-15(20)17-16(19)21/h4,8-9,13,18H,2-3,5-7,10-12H2,1H3,(H,17,20,21). The molecule has 6 heteroatoms. The number of rotatable bonds is 9. The Kier molecular flexibility index (Phi) is 6.99. The molecule has 1 saturated heterocycles. The summed E-state index contributed by atoms with van der Waals surface area (Å²) < 4.78 is 3.48. The van der Waals surface area contributed by atoms with Crippen LogP contribution in [0.3, 0.4) is 0 Å². The number of carbonyl (C=O) groups is 2. The number of imide groups is 1. The van der Waals surface area contributed by atoms with E-state index < -0.39 is 0 Å². The topological polar surface area (TPSA) is 61.4 Å².